The van der Waals surface area contributed by atoms with Crippen molar-refractivity contribution in [2.45, 2.75) is 12.8 Å². The molecule has 0 aromatic rings. The molecule has 3 N–H and O–H groups in total. The van der Waals surface area contributed by atoms with Crippen LogP contribution in [0.1, 0.15) is 12.8 Å². The zero-order chi connectivity index (χ0) is 10.6. The van der Waals surface area contributed by atoms with Crippen LogP contribution in [-0.2, 0) is 9.59 Å². The predicted molar refractivity (Wildman–Crippen MR) is 52.4 cm³/mol. The van der Waals surface area contributed by atoms with Crippen LogP contribution in [0.5, 0.6) is 0 Å². The fourth-order valence-electron chi connectivity index (χ4n) is 1.63. The highest BCUT2D eigenvalue weighted by Crippen LogP contribution is 2.16. The van der Waals surface area contributed by atoms with Gasteiger partial charge in [0.15, 0.2) is 0 Å². The van der Waals surface area contributed by atoms with Crippen molar-refractivity contribution in [2.75, 3.05) is 26.7 Å². The second-order valence-electron chi connectivity index (χ2n) is 3.60. The highest BCUT2D eigenvalue weighted by atomic mass is 16.2. The number of nitrogens with one attached hydrogen (secondary N) is 1. The standard InChI is InChI=1S/C9H17N3O2/c1-11-3-2-4-12-6-7(9(10)14)5-8(12)13/h7,11H,2-6H2,1H3,(H2,10,14). The van der Waals surface area contributed by atoms with Gasteiger partial charge in [-0.3, -0.25) is 9.59 Å². The van der Waals surface area contributed by atoms with Crippen LogP contribution in [0.25, 0.3) is 0 Å². The molecule has 1 unspecified atom stereocenters. The van der Waals surface area contributed by atoms with Crippen LogP contribution in [0.3, 0.4) is 0 Å². The highest BCUT2D eigenvalue weighted by Gasteiger charge is 2.32. The fraction of sp³-hybridized carbons (Fsp3) is 0.778. The Kier molecular flexibility index (Phi) is 3.88. The summed E-state index contributed by atoms with van der Waals surface area (Å²) in [6, 6.07) is 0. The second-order valence-corrected chi connectivity index (χ2v) is 3.60. The lowest BCUT2D eigenvalue weighted by Crippen LogP contribution is -2.30. The normalized spacial score (nSPS) is 21.6. The molecule has 1 heterocycles. The first-order valence-electron chi connectivity index (χ1n) is 4.87. The number of hydrogen-bond acceptors (Lipinski definition) is 3. The first kappa shape index (κ1) is 11.0. The Morgan fingerprint density at radius 3 is 2.93 bits per heavy atom. The molecule has 0 aromatic carbocycles. The van der Waals surface area contributed by atoms with E-state index in [1.165, 1.54) is 0 Å². The average molecular weight is 199 g/mol. The molecule has 0 radical (unpaired) electrons. The van der Waals surface area contributed by atoms with Gasteiger partial charge in [-0.2, -0.15) is 0 Å². The van der Waals surface area contributed by atoms with Crippen LogP contribution in [0.4, 0.5) is 0 Å². The maximum atomic E-state index is 11.4. The third-order valence-corrected chi connectivity index (χ3v) is 2.47. The van der Waals surface area contributed by atoms with Crippen molar-refractivity contribution in [3.8, 4) is 0 Å². The maximum absolute atomic E-state index is 11.4. The molecule has 0 aliphatic carbocycles. The van der Waals surface area contributed by atoms with Crippen molar-refractivity contribution in [1.82, 2.24) is 10.2 Å². The third-order valence-electron chi connectivity index (χ3n) is 2.47. The predicted octanol–water partition coefficient (Wildman–Crippen LogP) is -1.07. The Labute approximate surface area is 83.6 Å². The minimum absolute atomic E-state index is 0.0462. The van der Waals surface area contributed by atoms with E-state index in [4.69, 9.17) is 5.73 Å². The number of rotatable bonds is 5. The minimum atomic E-state index is -0.366. The van der Waals surface area contributed by atoms with Gasteiger partial charge in [0, 0.05) is 19.5 Å². The maximum Gasteiger partial charge on any atom is 0.223 e. The van der Waals surface area contributed by atoms with E-state index in [2.05, 4.69) is 5.32 Å². The lowest BCUT2D eigenvalue weighted by molar-refractivity contribution is -0.128. The minimum Gasteiger partial charge on any atom is -0.369 e. The van der Waals surface area contributed by atoms with Crippen LogP contribution in [-0.4, -0.2) is 43.4 Å². The summed E-state index contributed by atoms with van der Waals surface area (Å²) in [5, 5.41) is 3.01. The number of primary amides is 1. The Hall–Kier alpha value is -1.10. The molecule has 0 bridgehead atoms. The molecular weight excluding hydrogens is 182 g/mol. The van der Waals surface area contributed by atoms with E-state index in [0.29, 0.717) is 13.1 Å². The van der Waals surface area contributed by atoms with Gasteiger partial charge in [0.1, 0.15) is 0 Å². The molecule has 1 atom stereocenters. The van der Waals surface area contributed by atoms with Gasteiger partial charge in [0.2, 0.25) is 11.8 Å². The molecule has 0 spiro atoms. The number of amides is 2. The summed E-state index contributed by atoms with van der Waals surface area (Å²) in [4.78, 5) is 23.9. The van der Waals surface area contributed by atoms with Gasteiger partial charge < -0.3 is 16.0 Å². The number of hydrogen-bond donors (Lipinski definition) is 2. The monoisotopic (exact) mass is 199 g/mol. The number of likely N-dealkylation sites (tertiary alicyclic amines) is 1. The first-order valence-corrected chi connectivity index (χ1v) is 4.87. The van der Waals surface area contributed by atoms with Crippen molar-refractivity contribution in [2.24, 2.45) is 11.7 Å². The van der Waals surface area contributed by atoms with E-state index >= 15 is 0 Å². The van der Waals surface area contributed by atoms with Crippen molar-refractivity contribution in [1.29, 1.82) is 0 Å². The topological polar surface area (TPSA) is 75.4 Å². The Balaban J connectivity index is 2.33. The summed E-state index contributed by atoms with van der Waals surface area (Å²) in [6.45, 7) is 2.09. The molecule has 0 saturated carbocycles. The van der Waals surface area contributed by atoms with E-state index in [0.717, 1.165) is 13.0 Å². The Morgan fingerprint density at radius 1 is 1.71 bits per heavy atom. The van der Waals surface area contributed by atoms with Gasteiger partial charge in [-0.1, -0.05) is 0 Å². The first-order chi connectivity index (χ1) is 6.65. The highest BCUT2D eigenvalue weighted by molar-refractivity contribution is 5.88. The molecule has 0 aromatic heterocycles. The van der Waals surface area contributed by atoms with Gasteiger partial charge in [-0.25, -0.2) is 0 Å². The van der Waals surface area contributed by atoms with E-state index < -0.39 is 0 Å². The second kappa shape index (κ2) is 4.95. The van der Waals surface area contributed by atoms with E-state index in [1.807, 2.05) is 7.05 Å². The van der Waals surface area contributed by atoms with E-state index in [-0.39, 0.29) is 24.2 Å². The molecule has 80 valence electrons. The summed E-state index contributed by atoms with van der Waals surface area (Å²) in [7, 11) is 1.87. The molecule has 5 nitrogen and oxygen atoms in total. The summed E-state index contributed by atoms with van der Waals surface area (Å²) in [5.74, 6) is -0.601. The SMILES string of the molecule is CNCCCN1CC(C(N)=O)CC1=O. The van der Waals surface area contributed by atoms with Gasteiger partial charge in [-0.05, 0) is 20.0 Å². The number of carbonyl (C=O) groups excluding carboxylic acids is 2. The van der Waals surface area contributed by atoms with Gasteiger partial charge in [-0.15, -0.1) is 0 Å². The Morgan fingerprint density at radius 2 is 2.43 bits per heavy atom. The molecule has 1 aliphatic rings. The Bertz CT molecular complexity index is 230. The summed E-state index contributed by atoms with van der Waals surface area (Å²) in [6.07, 6.45) is 1.20. The third kappa shape index (κ3) is 2.70. The summed E-state index contributed by atoms with van der Waals surface area (Å²) in [5.41, 5.74) is 5.15. The largest absolute Gasteiger partial charge is 0.369 e. The number of carbonyl (C=O) groups is 2. The van der Waals surface area contributed by atoms with E-state index in [1.54, 1.807) is 4.90 Å². The van der Waals surface area contributed by atoms with Crippen molar-refractivity contribution >= 4 is 11.8 Å². The van der Waals surface area contributed by atoms with Gasteiger partial charge in [0.25, 0.3) is 0 Å². The van der Waals surface area contributed by atoms with Gasteiger partial charge in [0.05, 0.1) is 5.92 Å². The zero-order valence-electron chi connectivity index (χ0n) is 8.45. The molecule has 5 heteroatoms. The van der Waals surface area contributed by atoms with Crippen LogP contribution in [0.15, 0.2) is 0 Å². The smallest absolute Gasteiger partial charge is 0.223 e. The van der Waals surface area contributed by atoms with Crippen LogP contribution in [0, 0.1) is 5.92 Å². The van der Waals surface area contributed by atoms with Crippen molar-refractivity contribution < 1.29 is 9.59 Å². The lowest BCUT2D eigenvalue weighted by atomic mass is 10.1. The van der Waals surface area contributed by atoms with Crippen molar-refractivity contribution in [3.63, 3.8) is 0 Å². The van der Waals surface area contributed by atoms with E-state index in [9.17, 15) is 9.59 Å². The lowest BCUT2D eigenvalue weighted by Gasteiger charge is -2.15. The molecule has 1 fully saturated rings. The number of nitrogens with zero attached hydrogens (tertiary/aromatic N) is 1. The average Bonchev–Trinajstić information content (AvgIpc) is 2.49. The summed E-state index contributed by atoms with van der Waals surface area (Å²) < 4.78 is 0. The fourth-order valence-corrected chi connectivity index (χ4v) is 1.63. The van der Waals surface area contributed by atoms with Crippen LogP contribution in [0.2, 0.25) is 0 Å². The molecule has 14 heavy (non-hydrogen) atoms. The molecule has 1 saturated heterocycles. The summed E-state index contributed by atoms with van der Waals surface area (Å²) >= 11 is 0. The molecule has 1 rings (SSSR count). The van der Waals surface area contributed by atoms with Crippen LogP contribution < -0.4 is 11.1 Å². The van der Waals surface area contributed by atoms with Gasteiger partial charge >= 0.3 is 0 Å². The molecule has 1 aliphatic heterocycles. The zero-order valence-corrected chi connectivity index (χ0v) is 8.45. The van der Waals surface area contributed by atoms with Crippen LogP contribution >= 0.6 is 0 Å². The molecule has 2 amide bonds. The molecular formula is C9H17N3O2. The number of nitrogens with two attached hydrogens (primary N) is 1. The van der Waals surface area contributed by atoms with Crippen molar-refractivity contribution in [3.05, 3.63) is 0 Å². The quantitative estimate of drug-likeness (QED) is 0.554.